The van der Waals surface area contributed by atoms with Crippen molar-refractivity contribution in [1.82, 2.24) is 0 Å². The van der Waals surface area contributed by atoms with E-state index in [0.717, 1.165) is 12.8 Å². The molecule has 0 aliphatic carbocycles. The fourth-order valence-electron chi connectivity index (χ4n) is 2.62. The third kappa shape index (κ3) is 8.76. The Hall–Kier alpha value is -0.580. The Balaban J connectivity index is 1.99. The molecule has 0 amide bonds. The first-order chi connectivity index (χ1) is 10.6. The zero-order valence-corrected chi connectivity index (χ0v) is 16.1. The van der Waals surface area contributed by atoms with Gasteiger partial charge in [0.25, 0.3) is 0 Å². The SMILES string of the molecule is CCOC(=O)CCCCCCCCC(C)c1ccc(I)cc1. The van der Waals surface area contributed by atoms with Crippen LogP contribution in [0.4, 0.5) is 0 Å². The fraction of sp³-hybridized carbons (Fsp3) is 0.632. The van der Waals surface area contributed by atoms with Gasteiger partial charge in [0.2, 0.25) is 0 Å². The van der Waals surface area contributed by atoms with E-state index in [9.17, 15) is 4.79 Å². The van der Waals surface area contributed by atoms with E-state index in [-0.39, 0.29) is 5.97 Å². The molecule has 1 atom stereocenters. The second-order valence-electron chi connectivity index (χ2n) is 5.92. The van der Waals surface area contributed by atoms with Gasteiger partial charge in [-0.05, 0) is 66.0 Å². The molecule has 0 spiro atoms. The summed E-state index contributed by atoms with van der Waals surface area (Å²) in [5.74, 6) is 0.606. The van der Waals surface area contributed by atoms with Crippen LogP contribution in [0, 0.1) is 3.57 Å². The molecule has 2 nitrogen and oxygen atoms in total. The molecule has 3 heteroatoms. The van der Waals surface area contributed by atoms with Crippen LogP contribution in [0.5, 0.6) is 0 Å². The second kappa shape index (κ2) is 11.9. The number of unbranched alkanes of at least 4 members (excludes halogenated alkanes) is 5. The maximum Gasteiger partial charge on any atom is 0.305 e. The molecule has 124 valence electrons. The highest BCUT2D eigenvalue weighted by molar-refractivity contribution is 14.1. The Morgan fingerprint density at radius 1 is 1.05 bits per heavy atom. The summed E-state index contributed by atoms with van der Waals surface area (Å²) in [5.41, 5.74) is 1.45. The molecule has 0 aromatic heterocycles. The molecule has 1 rings (SSSR count). The van der Waals surface area contributed by atoms with Crippen LogP contribution >= 0.6 is 22.6 Å². The average molecular weight is 416 g/mol. The van der Waals surface area contributed by atoms with Crippen LogP contribution in [0.15, 0.2) is 24.3 Å². The van der Waals surface area contributed by atoms with Gasteiger partial charge in [-0.25, -0.2) is 0 Å². The molecule has 1 aromatic carbocycles. The van der Waals surface area contributed by atoms with Crippen molar-refractivity contribution in [2.75, 3.05) is 6.61 Å². The number of benzene rings is 1. The minimum atomic E-state index is -0.0474. The summed E-state index contributed by atoms with van der Waals surface area (Å²) in [5, 5.41) is 0. The van der Waals surface area contributed by atoms with E-state index in [4.69, 9.17) is 4.74 Å². The standard InChI is InChI=1S/C19H29IO2/c1-3-22-19(21)11-9-7-5-4-6-8-10-16(2)17-12-14-18(20)15-13-17/h12-16H,3-11H2,1-2H3. The van der Waals surface area contributed by atoms with Crippen molar-refractivity contribution in [2.24, 2.45) is 0 Å². The summed E-state index contributed by atoms with van der Waals surface area (Å²) in [6.45, 7) is 4.67. The monoisotopic (exact) mass is 416 g/mol. The highest BCUT2D eigenvalue weighted by atomic mass is 127. The molecule has 22 heavy (non-hydrogen) atoms. The molecule has 0 fully saturated rings. The van der Waals surface area contributed by atoms with Crippen LogP contribution in [0.3, 0.4) is 0 Å². The lowest BCUT2D eigenvalue weighted by atomic mass is 9.95. The van der Waals surface area contributed by atoms with Gasteiger partial charge in [0.15, 0.2) is 0 Å². The number of halogens is 1. The highest BCUT2D eigenvalue weighted by Crippen LogP contribution is 2.23. The Labute approximate surface area is 149 Å². The summed E-state index contributed by atoms with van der Waals surface area (Å²) in [7, 11) is 0. The molecule has 0 saturated carbocycles. The molecule has 0 heterocycles. The van der Waals surface area contributed by atoms with Crippen LogP contribution in [-0.4, -0.2) is 12.6 Å². The third-order valence-corrected chi connectivity index (χ3v) is 4.73. The van der Waals surface area contributed by atoms with Crippen molar-refractivity contribution in [1.29, 1.82) is 0 Å². The Morgan fingerprint density at radius 3 is 2.27 bits per heavy atom. The lowest BCUT2D eigenvalue weighted by Crippen LogP contribution is -2.03. The quantitative estimate of drug-likeness (QED) is 0.248. The summed E-state index contributed by atoms with van der Waals surface area (Å²) >= 11 is 2.35. The number of esters is 1. The summed E-state index contributed by atoms with van der Waals surface area (Å²) in [4.78, 5) is 11.2. The minimum absolute atomic E-state index is 0.0474. The van der Waals surface area contributed by atoms with E-state index >= 15 is 0 Å². The average Bonchev–Trinajstić information content (AvgIpc) is 2.50. The summed E-state index contributed by atoms with van der Waals surface area (Å²) in [6, 6.07) is 8.88. The van der Waals surface area contributed by atoms with Crippen LogP contribution < -0.4 is 0 Å². The predicted octanol–water partition coefficient (Wildman–Crippen LogP) is 6.08. The van der Waals surface area contributed by atoms with Crippen molar-refractivity contribution in [3.63, 3.8) is 0 Å². The van der Waals surface area contributed by atoms with Gasteiger partial charge >= 0.3 is 5.97 Å². The second-order valence-corrected chi connectivity index (χ2v) is 7.16. The van der Waals surface area contributed by atoms with Gasteiger partial charge in [-0.15, -0.1) is 0 Å². The number of rotatable bonds is 11. The van der Waals surface area contributed by atoms with Crippen LogP contribution in [0.25, 0.3) is 0 Å². The molecular weight excluding hydrogens is 387 g/mol. The molecule has 0 aliphatic rings. The van der Waals surface area contributed by atoms with Gasteiger partial charge < -0.3 is 4.74 Å². The Morgan fingerprint density at radius 2 is 1.64 bits per heavy atom. The van der Waals surface area contributed by atoms with Crippen molar-refractivity contribution in [2.45, 2.75) is 71.1 Å². The minimum Gasteiger partial charge on any atom is -0.466 e. The maximum atomic E-state index is 11.2. The molecule has 0 bridgehead atoms. The molecule has 0 N–H and O–H groups in total. The van der Waals surface area contributed by atoms with Gasteiger partial charge in [-0.2, -0.15) is 0 Å². The van der Waals surface area contributed by atoms with Crippen molar-refractivity contribution >= 4 is 28.6 Å². The number of hydrogen-bond donors (Lipinski definition) is 0. The van der Waals surface area contributed by atoms with E-state index in [2.05, 4.69) is 53.8 Å². The van der Waals surface area contributed by atoms with E-state index in [1.165, 1.54) is 41.2 Å². The normalized spacial score (nSPS) is 12.1. The van der Waals surface area contributed by atoms with E-state index in [1.807, 2.05) is 6.92 Å². The van der Waals surface area contributed by atoms with Crippen molar-refractivity contribution < 1.29 is 9.53 Å². The number of ether oxygens (including phenoxy) is 1. The molecule has 0 saturated heterocycles. The van der Waals surface area contributed by atoms with Gasteiger partial charge in [-0.3, -0.25) is 4.79 Å². The van der Waals surface area contributed by atoms with Gasteiger partial charge in [0.05, 0.1) is 6.61 Å². The van der Waals surface area contributed by atoms with Crippen molar-refractivity contribution in [3.8, 4) is 0 Å². The number of hydrogen-bond acceptors (Lipinski definition) is 2. The van der Waals surface area contributed by atoms with E-state index in [0.29, 0.717) is 18.9 Å². The number of carbonyl (C=O) groups excluding carboxylic acids is 1. The molecule has 1 aromatic rings. The molecular formula is C19H29IO2. The summed E-state index contributed by atoms with van der Waals surface area (Å²) < 4.78 is 6.23. The van der Waals surface area contributed by atoms with Gasteiger partial charge in [0.1, 0.15) is 0 Å². The van der Waals surface area contributed by atoms with Crippen LogP contribution in [0.1, 0.15) is 76.7 Å². The predicted molar refractivity (Wildman–Crippen MR) is 101 cm³/mol. The smallest absolute Gasteiger partial charge is 0.305 e. The molecule has 1 unspecified atom stereocenters. The molecule has 0 aliphatic heterocycles. The first-order valence-electron chi connectivity index (χ1n) is 8.54. The van der Waals surface area contributed by atoms with Crippen LogP contribution in [0.2, 0.25) is 0 Å². The van der Waals surface area contributed by atoms with Gasteiger partial charge in [0, 0.05) is 9.99 Å². The first-order valence-corrected chi connectivity index (χ1v) is 9.62. The van der Waals surface area contributed by atoms with Gasteiger partial charge in [-0.1, -0.05) is 51.2 Å². The fourth-order valence-corrected chi connectivity index (χ4v) is 2.98. The zero-order valence-electron chi connectivity index (χ0n) is 13.9. The maximum absolute atomic E-state index is 11.2. The van der Waals surface area contributed by atoms with E-state index in [1.54, 1.807) is 0 Å². The lowest BCUT2D eigenvalue weighted by molar-refractivity contribution is -0.143. The van der Waals surface area contributed by atoms with Crippen molar-refractivity contribution in [3.05, 3.63) is 33.4 Å². The topological polar surface area (TPSA) is 26.3 Å². The lowest BCUT2D eigenvalue weighted by Gasteiger charge is -2.11. The van der Waals surface area contributed by atoms with E-state index < -0.39 is 0 Å². The number of carbonyl (C=O) groups is 1. The zero-order chi connectivity index (χ0) is 16.2. The summed E-state index contributed by atoms with van der Waals surface area (Å²) in [6.07, 6.45) is 9.07. The Kier molecular flexibility index (Phi) is 10.5. The first kappa shape index (κ1) is 19.5. The molecule has 0 radical (unpaired) electrons. The highest BCUT2D eigenvalue weighted by Gasteiger charge is 2.05. The Bertz CT molecular complexity index is 414. The third-order valence-electron chi connectivity index (χ3n) is 4.01. The largest absolute Gasteiger partial charge is 0.466 e. The van der Waals surface area contributed by atoms with Crippen LogP contribution in [-0.2, 0) is 9.53 Å².